The third-order valence-electron chi connectivity index (χ3n) is 2.22. The summed E-state index contributed by atoms with van der Waals surface area (Å²) < 4.78 is 0. The number of aryl methyl sites for hydroxylation is 1. The fourth-order valence-corrected chi connectivity index (χ4v) is 1.67. The number of carbonyl (C=O) groups is 1. The molecule has 1 aromatic carbocycles. The zero-order chi connectivity index (χ0) is 10.3. The van der Waals surface area contributed by atoms with E-state index in [2.05, 4.69) is 4.98 Å². The van der Waals surface area contributed by atoms with Crippen LogP contribution in [0.4, 0.5) is 0 Å². The average Bonchev–Trinajstić information content (AvgIpc) is 2.42. The molecule has 3 nitrogen and oxygen atoms in total. The topological polar surface area (TPSA) is 53.1 Å². The van der Waals surface area contributed by atoms with Crippen LogP contribution in [0.3, 0.4) is 0 Å². The molecule has 0 fully saturated rings. The lowest BCUT2D eigenvalue weighted by atomic mass is 10.1. The molecule has 0 aliphatic heterocycles. The van der Waals surface area contributed by atoms with Crippen molar-refractivity contribution in [2.75, 3.05) is 0 Å². The fourth-order valence-electron chi connectivity index (χ4n) is 1.51. The fraction of sp³-hybridized carbons (Fsp3) is 0.100. The van der Waals surface area contributed by atoms with E-state index in [1.165, 1.54) is 6.07 Å². The van der Waals surface area contributed by atoms with Gasteiger partial charge in [-0.2, -0.15) is 0 Å². The quantitative estimate of drug-likeness (QED) is 0.710. The standard InChI is InChI=1S/C10H8ClNO2/c1-5-7(4-13)6-2-8(11)10(14)3-9(6)12-5/h2-4,12,14H,1H3. The molecule has 0 saturated carbocycles. The summed E-state index contributed by atoms with van der Waals surface area (Å²) in [5, 5.41) is 10.3. The number of H-pyrrole nitrogens is 1. The largest absolute Gasteiger partial charge is 0.506 e. The van der Waals surface area contributed by atoms with Gasteiger partial charge >= 0.3 is 0 Å². The number of aromatic nitrogens is 1. The highest BCUT2D eigenvalue weighted by Crippen LogP contribution is 2.31. The molecular formula is C10H8ClNO2. The molecule has 4 heteroatoms. The van der Waals surface area contributed by atoms with Crippen molar-refractivity contribution in [3.8, 4) is 5.75 Å². The Bertz CT molecular complexity index is 516. The van der Waals surface area contributed by atoms with Crippen LogP contribution in [-0.2, 0) is 0 Å². The zero-order valence-electron chi connectivity index (χ0n) is 7.47. The molecule has 0 aliphatic carbocycles. The van der Waals surface area contributed by atoms with Crippen LogP contribution in [0.15, 0.2) is 12.1 Å². The van der Waals surface area contributed by atoms with Gasteiger partial charge in [-0.25, -0.2) is 0 Å². The number of aromatic amines is 1. The summed E-state index contributed by atoms with van der Waals surface area (Å²) in [7, 11) is 0. The lowest BCUT2D eigenvalue weighted by Crippen LogP contribution is -1.79. The number of rotatable bonds is 1. The minimum Gasteiger partial charge on any atom is -0.506 e. The van der Waals surface area contributed by atoms with Gasteiger partial charge in [-0.3, -0.25) is 4.79 Å². The Balaban J connectivity index is 2.89. The summed E-state index contributed by atoms with van der Waals surface area (Å²) in [6, 6.07) is 3.09. The van der Waals surface area contributed by atoms with Crippen LogP contribution >= 0.6 is 11.6 Å². The molecule has 72 valence electrons. The molecule has 2 aromatic rings. The summed E-state index contributed by atoms with van der Waals surface area (Å²) in [5.74, 6) is 0.0119. The summed E-state index contributed by atoms with van der Waals surface area (Å²) in [6.07, 6.45) is 0.779. The first-order chi connectivity index (χ1) is 6.63. The number of nitrogens with one attached hydrogen (secondary N) is 1. The maximum atomic E-state index is 10.8. The van der Waals surface area contributed by atoms with E-state index < -0.39 is 0 Å². The van der Waals surface area contributed by atoms with E-state index in [0.29, 0.717) is 11.1 Å². The van der Waals surface area contributed by atoms with Gasteiger partial charge in [0.2, 0.25) is 0 Å². The van der Waals surface area contributed by atoms with Gasteiger partial charge in [0.05, 0.1) is 10.5 Å². The van der Waals surface area contributed by atoms with Crippen molar-refractivity contribution in [1.29, 1.82) is 0 Å². The number of phenolic OH excluding ortho intramolecular Hbond substituents is 1. The summed E-state index contributed by atoms with van der Waals surface area (Å²) >= 11 is 5.75. The molecule has 2 rings (SSSR count). The van der Waals surface area contributed by atoms with E-state index in [1.807, 2.05) is 0 Å². The van der Waals surface area contributed by atoms with Crippen LogP contribution in [0.25, 0.3) is 10.9 Å². The molecule has 0 atom stereocenters. The van der Waals surface area contributed by atoms with Crippen molar-refractivity contribution in [2.45, 2.75) is 6.92 Å². The Hall–Kier alpha value is -1.48. The number of carbonyl (C=O) groups excluding carboxylic acids is 1. The normalized spacial score (nSPS) is 10.7. The third kappa shape index (κ3) is 1.17. The molecule has 0 radical (unpaired) electrons. The van der Waals surface area contributed by atoms with E-state index in [-0.39, 0.29) is 10.8 Å². The summed E-state index contributed by atoms with van der Waals surface area (Å²) in [4.78, 5) is 13.8. The highest BCUT2D eigenvalue weighted by atomic mass is 35.5. The summed E-state index contributed by atoms with van der Waals surface area (Å²) in [6.45, 7) is 1.80. The second kappa shape index (κ2) is 3.03. The van der Waals surface area contributed by atoms with Crippen LogP contribution in [0.5, 0.6) is 5.75 Å². The van der Waals surface area contributed by atoms with Crippen molar-refractivity contribution >= 4 is 28.8 Å². The summed E-state index contributed by atoms with van der Waals surface area (Å²) in [5.41, 5.74) is 2.07. The van der Waals surface area contributed by atoms with E-state index >= 15 is 0 Å². The van der Waals surface area contributed by atoms with E-state index in [4.69, 9.17) is 11.6 Å². The lowest BCUT2D eigenvalue weighted by molar-refractivity contribution is 0.112. The number of benzene rings is 1. The van der Waals surface area contributed by atoms with Crippen molar-refractivity contribution in [3.05, 3.63) is 28.4 Å². The first-order valence-electron chi connectivity index (χ1n) is 4.09. The van der Waals surface area contributed by atoms with Crippen LogP contribution < -0.4 is 0 Å². The molecule has 1 aromatic heterocycles. The molecule has 0 bridgehead atoms. The molecular weight excluding hydrogens is 202 g/mol. The highest BCUT2D eigenvalue weighted by Gasteiger charge is 2.10. The first kappa shape index (κ1) is 9.09. The van der Waals surface area contributed by atoms with Crippen molar-refractivity contribution in [3.63, 3.8) is 0 Å². The number of aromatic hydroxyl groups is 1. The number of hydrogen-bond acceptors (Lipinski definition) is 2. The Labute approximate surface area is 85.3 Å². The third-order valence-corrected chi connectivity index (χ3v) is 2.52. The molecule has 2 N–H and O–H groups in total. The Morgan fingerprint density at radius 1 is 1.50 bits per heavy atom. The second-order valence-corrected chi connectivity index (χ2v) is 3.54. The minimum atomic E-state index is 0.0119. The van der Waals surface area contributed by atoms with Gasteiger partial charge in [0.15, 0.2) is 6.29 Å². The molecule has 0 saturated heterocycles. The predicted molar refractivity (Wildman–Crippen MR) is 55.1 cm³/mol. The number of aldehydes is 1. The van der Waals surface area contributed by atoms with Crippen molar-refractivity contribution in [2.24, 2.45) is 0 Å². The molecule has 0 spiro atoms. The monoisotopic (exact) mass is 209 g/mol. The highest BCUT2D eigenvalue weighted by molar-refractivity contribution is 6.33. The van der Waals surface area contributed by atoms with E-state index in [9.17, 15) is 9.90 Å². The van der Waals surface area contributed by atoms with E-state index in [1.54, 1.807) is 13.0 Å². The Morgan fingerprint density at radius 2 is 2.21 bits per heavy atom. The smallest absolute Gasteiger partial charge is 0.152 e. The zero-order valence-corrected chi connectivity index (χ0v) is 8.22. The van der Waals surface area contributed by atoms with Crippen LogP contribution in [0.1, 0.15) is 16.1 Å². The number of hydrogen-bond donors (Lipinski definition) is 2. The lowest BCUT2D eigenvalue weighted by Gasteiger charge is -1.96. The van der Waals surface area contributed by atoms with Gasteiger partial charge < -0.3 is 10.1 Å². The number of phenols is 1. The number of halogens is 1. The van der Waals surface area contributed by atoms with E-state index in [0.717, 1.165) is 17.4 Å². The average molecular weight is 210 g/mol. The van der Waals surface area contributed by atoms with Crippen LogP contribution in [0, 0.1) is 6.92 Å². The van der Waals surface area contributed by atoms with Gasteiger partial charge in [0.1, 0.15) is 5.75 Å². The maximum absolute atomic E-state index is 10.8. The molecule has 1 heterocycles. The molecule has 0 amide bonds. The molecule has 0 aliphatic rings. The van der Waals surface area contributed by atoms with Crippen LogP contribution in [-0.4, -0.2) is 16.4 Å². The Morgan fingerprint density at radius 3 is 2.86 bits per heavy atom. The predicted octanol–water partition coefficient (Wildman–Crippen LogP) is 2.65. The SMILES string of the molecule is Cc1[nH]c2cc(O)c(Cl)cc2c1C=O. The van der Waals surface area contributed by atoms with Crippen molar-refractivity contribution < 1.29 is 9.90 Å². The van der Waals surface area contributed by atoms with Gasteiger partial charge in [-0.05, 0) is 13.0 Å². The molecule has 0 unspecified atom stereocenters. The molecule has 14 heavy (non-hydrogen) atoms. The first-order valence-corrected chi connectivity index (χ1v) is 4.47. The van der Waals surface area contributed by atoms with Gasteiger partial charge in [0.25, 0.3) is 0 Å². The van der Waals surface area contributed by atoms with Gasteiger partial charge in [0, 0.05) is 22.7 Å². The van der Waals surface area contributed by atoms with Gasteiger partial charge in [-0.15, -0.1) is 0 Å². The minimum absolute atomic E-state index is 0.0119. The number of fused-ring (bicyclic) bond motifs is 1. The maximum Gasteiger partial charge on any atom is 0.152 e. The van der Waals surface area contributed by atoms with Crippen molar-refractivity contribution in [1.82, 2.24) is 4.98 Å². The Kier molecular flexibility index (Phi) is 1.97. The van der Waals surface area contributed by atoms with Gasteiger partial charge in [-0.1, -0.05) is 11.6 Å². The second-order valence-electron chi connectivity index (χ2n) is 3.13. The van der Waals surface area contributed by atoms with Crippen LogP contribution in [0.2, 0.25) is 5.02 Å².